The molecule has 0 aliphatic heterocycles. The number of esters is 1. The average molecular weight is 413 g/mol. The molecule has 0 atom stereocenters. The summed E-state index contributed by atoms with van der Waals surface area (Å²) in [5, 5.41) is 3.18. The molecular formula is C21H19NO6S. The van der Waals surface area contributed by atoms with Crippen molar-refractivity contribution in [2.45, 2.75) is 32.8 Å². The molecule has 7 nitrogen and oxygen atoms in total. The lowest BCUT2D eigenvalue weighted by molar-refractivity contribution is 0.0479. The van der Waals surface area contributed by atoms with Crippen LogP contribution in [0.2, 0.25) is 0 Å². The van der Waals surface area contributed by atoms with Crippen LogP contribution in [0.15, 0.2) is 39.5 Å². The van der Waals surface area contributed by atoms with E-state index >= 15 is 0 Å². The van der Waals surface area contributed by atoms with Gasteiger partial charge in [0.15, 0.2) is 0 Å². The third-order valence-electron chi connectivity index (χ3n) is 4.66. The van der Waals surface area contributed by atoms with E-state index in [0.29, 0.717) is 21.5 Å². The molecule has 150 valence electrons. The number of thiophene rings is 1. The molecule has 4 rings (SSSR count). The summed E-state index contributed by atoms with van der Waals surface area (Å²) >= 11 is 1.48. The summed E-state index contributed by atoms with van der Waals surface area (Å²) in [7, 11) is 0. The third-order valence-corrected chi connectivity index (χ3v) is 5.88. The van der Waals surface area contributed by atoms with Gasteiger partial charge in [-0.05, 0) is 49.9 Å². The SMILES string of the molecule is CCOC(=O)Nc1ccc2c(COC(=O)c3cc4c(s3)CCC4)cc(=O)oc2c1. The van der Waals surface area contributed by atoms with Crippen molar-refractivity contribution in [3.63, 3.8) is 0 Å². The van der Waals surface area contributed by atoms with Crippen molar-refractivity contribution in [1.82, 2.24) is 0 Å². The minimum absolute atomic E-state index is 0.0475. The van der Waals surface area contributed by atoms with Gasteiger partial charge in [-0.1, -0.05) is 0 Å². The summed E-state index contributed by atoms with van der Waals surface area (Å²) in [6, 6.07) is 8.10. The molecule has 1 aliphatic carbocycles. The predicted molar refractivity (Wildman–Crippen MR) is 109 cm³/mol. The molecule has 1 aromatic carbocycles. The van der Waals surface area contributed by atoms with Crippen LogP contribution in [-0.4, -0.2) is 18.7 Å². The second-order valence-electron chi connectivity index (χ2n) is 6.64. The fraction of sp³-hybridized carbons (Fsp3) is 0.286. The van der Waals surface area contributed by atoms with Crippen molar-refractivity contribution < 1.29 is 23.5 Å². The van der Waals surface area contributed by atoms with E-state index in [1.54, 1.807) is 19.1 Å². The quantitative estimate of drug-likeness (QED) is 0.496. The largest absolute Gasteiger partial charge is 0.457 e. The van der Waals surface area contributed by atoms with Crippen molar-refractivity contribution in [2.24, 2.45) is 0 Å². The summed E-state index contributed by atoms with van der Waals surface area (Å²) < 4.78 is 15.5. The summed E-state index contributed by atoms with van der Waals surface area (Å²) in [5.41, 5.74) is 1.92. The van der Waals surface area contributed by atoms with E-state index in [9.17, 15) is 14.4 Å². The molecule has 1 N–H and O–H groups in total. The number of rotatable bonds is 5. The standard InChI is InChI=1S/C21H19NO6S/c1-2-26-21(25)22-14-6-7-15-13(9-19(23)28-16(15)10-14)11-27-20(24)18-8-12-4-3-5-17(12)29-18/h6-10H,2-5,11H2,1H3,(H,22,25). The Morgan fingerprint density at radius 2 is 2.03 bits per heavy atom. The van der Waals surface area contributed by atoms with Gasteiger partial charge in [0.2, 0.25) is 0 Å². The van der Waals surface area contributed by atoms with Crippen molar-refractivity contribution >= 4 is 40.1 Å². The van der Waals surface area contributed by atoms with Crippen LogP contribution in [0.5, 0.6) is 0 Å². The molecule has 3 aromatic rings. The maximum Gasteiger partial charge on any atom is 0.411 e. The molecule has 0 unspecified atom stereocenters. The molecule has 0 saturated carbocycles. The van der Waals surface area contributed by atoms with Gasteiger partial charge in [0, 0.05) is 33.6 Å². The number of hydrogen-bond acceptors (Lipinski definition) is 7. The molecule has 0 bridgehead atoms. The number of nitrogens with one attached hydrogen (secondary N) is 1. The van der Waals surface area contributed by atoms with E-state index in [1.807, 2.05) is 6.07 Å². The van der Waals surface area contributed by atoms with Crippen molar-refractivity contribution in [2.75, 3.05) is 11.9 Å². The Balaban J connectivity index is 1.52. The molecule has 0 saturated heterocycles. The van der Waals surface area contributed by atoms with Crippen LogP contribution < -0.4 is 10.9 Å². The highest BCUT2D eigenvalue weighted by Gasteiger charge is 2.20. The maximum absolute atomic E-state index is 12.4. The van der Waals surface area contributed by atoms with E-state index in [2.05, 4.69) is 5.32 Å². The molecule has 2 heterocycles. The Hall–Kier alpha value is -3.13. The first-order valence-corrected chi connectivity index (χ1v) is 10.1. The van der Waals surface area contributed by atoms with Crippen LogP contribution in [0.25, 0.3) is 11.0 Å². The number of carbonyl (C=O) groups excluding carboxylic acids is 2. The number of carbonyl (C=O) groups is 2. The van der Waals surface area contributed by atoms with Crippen LogP contribution in [0.1, 0.15) is 39.0 Å². The number of ether oxygens (including phenoxy) is 2. The van der Waals surface area contributed by atoms with Crippen molar-refractivity contribution in [3.05, 3.63) is 61.6 Å². The topological polar surface area (TPSA) is 94.8 Å². The van der Waals surface area contributed by atoms with Gasteiger partial charge in [-0.25, -0.2) is 14.4 Å². The molecule has 29 heavy (non-hydrogen) atoms. The normalized spacial score (nSPS) is 12.6. The number of aryl methyl sites for hydroxylation is 2. The first-order valence-electron chi connectivity index (χ1n) is 9.32. The van der Waals surface area contributed by atoms with E-state index in [0.717, 1.165) is 19.3 Å². The van der Waals surface area contributed by atoms with Gasteiger partial charge < -0.3 is 13.9 Å². The lowest BCUT2D eigenvalue weighted by Crippen LogP contribution is -2.13. The van der Waals surface area contributed by atoms with Gasteiger partial charge in [-0.2, -0.15) is 0 Å². The van der Waals surface area contributed by atoms with Crippen molar-refractivity contribution in [1.29, 1.82) is 0 Å². The highest BCUT2D eigenvalue weighted by molar-refractivity contribution is 7.14. The second kappa shape index (κ2) is 8.08. The zero-order valence-electron chi connectivity index (χ0n) is 15.8. The second-order valence-corrected chi connectivity index (χ2v) is 7.77. The van der Waals surface area contributed by atoms with E-state index in [-0.39, 0.29) is 18.8 Å². The van der Waals surface area contributed by atoms with E-state index in [4.69, 9.17) is 13.9 Å². The summed E-state index contributed by atoms with van der Waals surface area (Å²) in [6.45, 7) is 1.90. The molecule has 0 spiro atoms. The van der Waals surface area contributed by atoms with E-state index in [1.165, 1.54) is 33.9 Å². The molecular weight excluding hydrogens is 394 g/mol. The highest BCUT2D eigenvalue weighted by atomic mass is 32.1. The first kappa shape index (κ1) is 19.2. The van der Waals surface area contributed by atoms with Crippen molar-refractivity contribution in [3.8, 4) is 0 Å². The Morgan fingerprint density at radius 3 is 2.83 bits per heavy atom. The lowest BCUT2D eigenvalue weighted by Gasteiger charge is -2.09. The molecule has 8 heteroatoms. The molecule has 1 amide bonds. The minimum atomic E-state index is -0.595. The Bertz CT molecular complexity index is 1120. The fourth-order valence-corrected chi connectivity index (χ4v) is 4.50. The number of amides is 1. The van der Waals surface area contributed by atoms with Crippen LogP contribution in [0.3, 0.4) is 0 Å². The Morgan fingerprint density at radius 1 is 1.17 bits per heavy atom. The predicted octanol–water partition coefficient (Wildman–Crippen LogP) is 4.27. The average Bonchev–Trinajstić information content (AvgIpc) is 3.27. The summed E-state index contributed by atoms with van der Waals surface area (Å²) in [6.07, 6.45) is 2.56. The minimum Gasteiger partial charge on any atom is -0.457 e. The maximum atomic E-state index is 12.4. The molecule has 0 fully saturated rings. The smallest absolute Gasteiger partial charge is 0.411 e. The summed E-state index contributed by atoms with van der Waals surface area (Å²) in [4.78, 5) is 37.7. The van der Waals surface area contributed by atoms with Crippen LogP contribution in [0, 0.1) is 0 Å². The first-order chi connectivity index (χ1) is 14.0. The number of hydrogen-bond donors (Lipinski definition) is 1. The van der Waals surface area contributed by atoms with Gasteiger partial charge in [-0.3, -0.25) is 5.32 Å². The monoisotopic (exact) mass is 413 g/mol. The fourth-order valence-electron chi connectivity index (χ4n) is 3.36. The molecule has 2 aromatic heterocycles. The third kappa shape index (κ3) is 4.17. The van der Waals surface area contributed by atoms with Gasteiger partial charge in [0.1, 0.15) is 17.1 Å². The van der Waals surface area contributed by atoms with Gasteiger partial charge >= 0.3 is 17.7 Å². The van der Waals surface area contributed by atoms with Crippen LogP contribution >= 0.6 is 11.3 Å². The van der Waals surface area contributed by atoms with Gasteiger partial charge in [0.05, 0.1) is 6.61 Å². The number of benzene rings is 1. The Labute approximate surface area is 170 Å². The van der Waals surface area contributed by atoms with Gasteiger partial charge in [0.25, 0.3) is 0 Å². The molecule has 0 radical (unpaired) electrons. The van der Waals surface area contributed by atoms with Crippen LogP contribution in [0.4, 0.5) is 10.5 Å². The Kier molecular flexibility index (Phi) is 5.35. The number of anilines is 1. The van der Waals surface area contributed by atoms with Crippen LogP contribution in [-0.2, 0) is 28.9 Å². The highest BCUT2D eigenvalue weighted by Crippen LogP contribution is 2.31. The zero-order chi connectivity index (χ0) is 20.4. The number of fused-ring (bicyclic) bond motifs is 2. The van der Waals surface area contributed by atoms with Gasteiger partial charge in [-0.15, -0.1) is 11.3 Å². The zero-order valence-corrected chi connectivity index (χ0v) is 16.6. The lowest BCUT2D eigenvalue weighted by atomic mass is 10.1. The molecule has 1 aliphatic rings. The van der Waals surface area contributed by atoms with E-state index < -0.39 is 17.7 Å². The summed E-state index contributed by atoms with van der Waals surface area (Å²) in [5.74, 6) is -0.397.